The van der Waals surface area contributed by atoms with Gasteiger partial charge in [-0.15, -0.1) is 0 Å². The second-order valence-electron chi connectivity index (χ2n) is 5.86. The molecule has 25 heavy (non-hydrogen) atoms. The van der Waals surface area contributed by atoms with Crippen LogP contribution in [0, 0.1) is 6.92 Å². The van der Waals surface area contributed by atoms with Crippen LogP contribution in [0.5, 0.6) is 23.0 Å². The number of carbonyl (C=O) groups is 2. The van der Waals surface area contributed by atoms with Gasteiger partial charge in [-0.1, -0.05) is 29.8 Å². The molecule has 2 aromatic carbocycles. The Morgan fingerprint density at radius 1 is 1.00 bits per heavy atom. The number of rotatable bonds is 5. The van der Waals surface area contributed by atoms with Gasteiger partial charge < -0.3 is 19.7 Å². The molecule has 3 rings (SSSR count). The highest BCUT2D eigenvalue weighted by Gasteiger charge is 2.26. The van der Waals surface area contributed by atoms with Crippen LogP contribution in [0.15, 0.2) is 30.3 Å². The Labute approximate surface area is 144 Å². The molecule has 130 valence electrons. The van der Waals surface area contributed by atoms with Crippen LogP contribution >= 0.6 is 0 Å². The number of hydrogen-bond donors (Lipinski definition) is 2. The van der Waals surface area contributed by atoms with Crippen molar-refractivity contribution in [2.24, 2.45) is 0 Å². The molecule has 0 unspecified atom stereocenters. The average Bonchev–Trinajstić information content (AvgIpc) is 2.60. The first-order chi connectivity index (χ1) is 12.0. The Kier molecular flexibility index (Phi) is 4.61. The molecule has 1 aliphatic rings. The molecular formula is C19H18O6. The van der Waals surface area contributed by atoms with Gasteiger partial charge in [0.05, 0.1) is 0 Å². The van der Waals surface area contributed by atoms with Crippen molar-refractivity contribution in [1.29, 1.82) is 0 Å². The van der Waals surface area contributed by atoms with E-state index in [4.69, 9.17) is 9.47 Å². The molecule has 0 saturated heterocycles. The first kappa shape index (κ1) is 16.8. The minimum absolute atomic E-state index is 0.0186. The lowest BCUT2D eigenvalue weighted by Gasteiger charge is -2.21. The zero-order chi connectivity index (χ0) is 18.0. The topological polar surface area (TPSA) is 93.1 Å². The van der Waals surface area contributed by atoms with Crippen LogP contribution in [0.4, 0.5) is 0 Å². The molecule has 0 atom stereocenters. The maximum atomic E-state index is 12.4. The summed E-state index contributed by atoms with van der Waals surface area (Å²) in [6.45, 7) is 2.46. The van der Waals surface area contributed by atoms with E-state index in [1.165, 1.54) is 6.07 Å². The summed E-state index contributed by atoms with van der Waals surface area (Å²) in [7, 11) is 0. The third kappa shape index (κ3) is 3.42. The number of aryl methyl sites for hydroxylation is 1. The molecule has 2 N–H and O–H groups in total. The van der Waals surface area contributed by atoms with Crippen LogP contribution in [0.1, 0.15) is 39.1 Å². The zero-order valence-electron chi connectivity index (χ0n) is 13.7. The van der Waals surface area contributed by atoms with Crippen molar-refractivity contribution in [1.82, 2.24) is 0 Å². The third-order valence-electron chi connectivity index (χ3n) is 4.02. The summed E-state index contributed by atoms with van der Waals surface area (Å²) >= 11 is 0. The highest BCUT2D eigenvalue weighted by molar-refractivity contribution is 6.05. The Hall–Kier alpha value is -3.02. The fourth-order valence-electron chi connectivity index (χ4n) is 2.67. The molecule has 0 fully saturated rings. The van der Waals surface area contributed by atoms with Crippen molar-refractivity contribution in [3.05, 3.63) is 47.0 Å². The quantitative estimate of drug-likeness (QED) is 0.811. The molecule has 0 radical (unpaired) electrons. The number of phenols is 2. The molecule has 0 amide bonds. The molecule has 0 spiro atoms. The van der Waals surface area contributed by atoms with Gasteiger partial charge in [0.1, 0.15) is 24.5 Å². The minimum atomic E-state index is -0.535. The minimum Gasteiger partial charge on any atom is -0.507 e. The van der Waals surface area contributed by atoms with Crippen molar-refractivity contribution in [3.8, 4) is 23.0 Å². The number of benzene rings is 2. The van der Waals surface area contributed by atoms with Crippen LogP contribution in [0.3, 0.4) is 0 Å². The summed E-state index contributed by atoms with van der Waals surface area (Å²) in [6, 6.07) is 8.31. The summed E-state index contributed by atoms with van der Waals surface area (Å²) in [6.07, 6.45) is -0.150. The van der Waals surface area contributed by atoms with Crippen molar-refractivity contribution in [2.45, 2.75) is 19.8 Å². The maximum Gasteiger partial charge on any atom is 0.204 e. The van der Waals surface area contributed by atoms with Crippen molar-refractivity contribution in [3.63, 3.8) is 0 Å². The predicted molar refractivity (Wildman–Crippen MR) is 89.8 cm³/mol. The Balaban J connectivity index is 1.75. The molecular weight excluding hydrogens is 324 g/mol. The highest BCUT2D eigenvalue weighted by Crippen LogP contribution is 2.46. The maximum absolute atomic E-state index is 12.4. The number of ketones is 2. The normalized spacial score (nSPS) is 12.7. The second-order valence-corrected chi connectivity index (χ2v) is 5.86. The van der Waals surface area contributed by atoms with E-state index < -0.39 is 17.3 Å². The van der Waals surface area contributed by atoms with E-state index in [0.29, 0.717) is 12.2 Å². The Morgan fingerprint density at radius 3 is 2.36 bits per heavy atom. The van der Waals surface area contributed by atoms with Gasteiger partial charge in [0.15, 0.2) is 23.1 Å². The molecule has 6 nitrogen and oxygen atoms in total. The first-order valence-corrected chi connectivity index (χ1v) is 7.95. The molecule has 1 aliphatic heterocycles. The van der Waals surface area contributed by atoms with Crippen molar-refractivity contribution < 1.29 is 29.3 Å². The Bertz CT molecular complexity index is 823. The van der Waals surface area contributed by atoms with E-state index in [2.05, 4.69) is 0 Å². The summed E-state index contributed by atoms with van der Waals surface area (Å²) in [5.74, 6) is -1.33. The van der Waals surface area contributed by atoms with E-state index in [1.54, 1.807) is 12.1 Å². The van der Waals surface area contributed by atoms with E-state index in [-0.39, 0.29) is 42.3 Å². The summed E-state index contributed by atoms with van der Waals surface area (Å²) in [5.41, 5.74) is 1.31. The van der Waals surface area contributed by atoms with Crippen LogP contribution in [0.25, 0.3) is 0 Å². The highest BCUT2D eigenvalue weighted by atomic mass is 16.6. The van der Waals surface area contributed by atoms with Crippen LogP contribution in [0.2, 0.25) is 0 Å². The molecule has 0 saturated carbocycles. The lowest BCUT2D eigenvalue weighted by molar-refractivity contribution is 0.0912. The largest absolute Gasteiger partial charge is 0.507 e. The van der Waals surface area contributed by atoms with E-state index in [1.807, 2.05) is 19.1 Å². The van der Waals surface area contributed by atoms with Gasteiger partial charge in [-0.3, -0.25) is 9.59 Å². The van der Waals surface area contributed by atoms with Crippen LogP contribution in [-0.4, -0.2) is 35.0 Å². The Morgan fingerprint density at radius 2 is 1.64 bits per heavy atom. The monoisotopic (exact) mass is 342 g/mol. The molecule has 0 aromatic heterocycles. The van der Waals surface area contributed by atoms with Gasteiger partial charge in [0.25, 0.3) is 0 Å². The van der Waals surface area contributed by atoms with Gasteiger partial charge in [-0.05, 0) is 6.92 Å². The molecule has 0 bridgehead atoms. The SMILES string of the molecule is Cc1ccc(C(=O)CCC(=O)c2c(O)cc3c(c2O)OCCO3)cc1. The van der Waals surface area contributed by atoms with E-state index in [9.17, 15) is 19.8 Å². The first-order valence-electron chi connectivity index (χ1n) is 7.95. The second kappa shape index (κ2) is 6.84. The number of phenolic OH excluding ortho intramolecular Hbond substituents is 2. The lowest BCUT2D eigenvalue weighted by Crippen LogP contribution is -2.16. The van der Waals surface area contributed by atoms with Crippen LogP contribution < -0.4 is 9.47 Å². The van der Waals surface area contributed by atoms with Gasteiger partial charge in [0, 0.05) is 24.5 Å². The van der Waals surface area contributed by atoms with Crippen molar-refractivity contribution >= 4 is 11.6 Å². The van der Waals surface area contributed by atoms with Crippen LogP contribution in [-0.2, 0) is 0 Å². The number of aromatic hydroxyl groups is 2. The average molecular weight is 342 g/mol. The summed E-state index contributed by atoms with van der Waals surface area (Å²) in [5, 5.41) is 20.3. The van der Waals surface area contributed by atoms with Gasteiger partial charge in [-0.25, -0.2) is 0 Å². The van der Waals surface area contributed by atoms with E-state index >= 15 is 0 Å². The number of ether oxygens (including phenoxy) is 2. The smallest absolute Gasteiger partial charge is 0.204 e. The lowest BCUT2D eigenvalue weighted by atomic mass is 9.99. The van der Waals surface area contributed by atoms with Crippen molar-refractivity contribution in [2.75, 3.05) is 13.2 Å². The van der Waals surface area contributed by atoms with Gasteiger partial charge >= 0.3 is 0 Å². The summed E-state index contributed by atoms with van der Waals surface area (Å²) in [4.78, 5) is 24.6. The molecule has 0 aliphatic carbocycles. The third-order valence-corrected chi connectivity index (χ3v) is 4.02. The molecule has 6 heteroatoms. The van der Waals surface area contributed by atoms with Gasteiger partial charge in [-0.2, -0.15) is 0 Å². The van der Waals surface area contributed by atoms with E-state index in [0.717, 1.165) is 5.56 Å². The fourth-order valence-corrected chi connectivity index (χ4v) is 2.67. The number of hydrogen-bond acceptors (Lipinski definition) is 6. The van der Waals surface area contributed by atoms with Gasteiger partial charge in [0.2, 0.25) is 5.75 Å². The number of fused-ring (bicyclic) bond motifs is 1. The number of carbonyl (C=O) groups excluding carboxylic acids is 2. The fraction of sp³-hybridized carbons (Fsp3) is 0.263. The molecule has 1 heterocycles. The predicted octanol–water partition coefficient (Wildman–Crippen LogP) is 3.02. The summed E-state index contributed by atoms with van der Waals surface area (Å²) < 4.78 is 10.6. The standard InChI is InChI=1S/C19H18O6/c1-11-2-4-12(5-3-11)13(20)6-7-14(21)17-15(22)10-16-19(18(17)23)25-9-8-24-16/h2-5,10,22-23H,6-9H2,1H3. The number of Topliss-reactive ketones (excluding diaryl/α,β-unsaturated/α-hetero) is 2. The zero-order valence-corrected chi connectivity index (χ0v) is 13.7. The molecule has 2 aromatic rings.